The number of methoxy groups -OCH3 is 1. The maximum absolute atomic E-state index is 13.0. The fourth-order valence-electron chi connectivity index (χ4n) is 5.22. The molecule has 1 aliphatic carbocycles. The van der Waals surface area contributed by atoms with Crippen LogP contribution in [-0.2, 0) is 11.4 Å². The van der Waals surface area contributed by atoms with E-state index < -0.39 is 0 Å². The number of aromatic nitrogens is 1. The summed E-state index contributed by atoms with van der Waals surface area (Å²) in [7, 11) is 1.62. The fourth-order valence-corrected chi connectivity index (χ4v) is 5.22. The molecular weight excluding hydrogens is 404 g/mol. The number of hydrogen-bond donors (Lipinski definition) is 0. The van der Waals surface area contributed by atoms with Crippen molar-refractivity contribution in [3.05, 3.63) is 46.9 Å². The molecule has 4 rings (SSSR count). The van der Waals surface area contributed by atoms with E-state index in [1.807, 2.05) is 38.1 Å². The molecule has 6 heteroatoms. The summed E-state index contributed by atoms with van der Waals surface area (Å²) in [5.74, 6) is 3.52. The van der Waals surface area contributed by atoms with Gasteiger partial charge < -0.3 is 18.9 Å². The van der Waals surface area contributed by atoms with E-state index in [9.17, 15) is 4.79 Å². The van der Waals surface area contributed by atoms with Crippen LogP contribution in [-0.4, -0.2) is 35.7 Å². The van der Waals surface area contributed by atoms with Gasteiger partial charge in [-0.1, -0.05) is 31.0 Å². The molecule has 2 fully saturated rings. The molecule has 1 aromatic heterocycles. The van der Waals surface area contributed by atoms with Gasteiger partial charge in [-0.25, -0.2) is 0 Å². The second kappa shape index (κ2) is 9.80. The van der Waals surface area contributed by atoms with Crippen LogP contribution in [0.3, 0.4) is 0 Å². The molecule has 0 radical (unpaired) electrons. The van der Waals surface area contributed by atoms with Crippen LogP contribution in [0.5, 0.6) is 11.5 Å². The van der Waals surface area contributed by atoms with E-state index in [0.29, 0.717) is 30.1 Å². The maximum atomic E-state index is 13.0. The number of rotatable bonds is 6. The molecule has 3 unspecified atom stereocenters. The lowest BCUT2D eigenvalue weighted by atomic mass is 9.72. The molecule has 2 aromatic rings. The normalized spacial score (nSPS) is 23.2. The molecule has 1 aliphatic heterocycles. The van der Waals surface area contributed by atoms with Gasteiger partial charge >= 0.3 is 0 Å². The number of carbonyl (C=O) groups is 1. The summed E-state index contributed by atoms with van der Waals surface area (Å²) in [4.78, 5) is 15.1. The molecule has 1 aromatic carbocycles. The molecule has 3 atom stereocenters. The van der Waals surface area contributed by atoms with E-state index >= 15 is 0 Å². The van der Waals surface area contributed by atoms with Gasteiger partial charge in [0.15, 0.2) is 11.5 Å². The van der Waals surface area contributed by atoms with Gasteiger partial charge in [0.05, 0.1) is 18.4 Å². The first-order chi connectivity index (χ1) is 15.5. The van der Waals surface area contributed by atoms with Crippen LogP contribution in [0.15, 0.2) is 28.8 Å². The molecule has 172 valence electrons. The van der Waals surface area contributed by atoms with Gasteiger partial charge in [-0.2, -0.15) is 0 Å². The van der Waals surface area contributed by atoms with E-state index in [4.69, 9.17) is 14.0 Å². The van der Waals surface area contributed by atoms with E-state index in [-0.39, 0.29) is 5.91 Å². The highest BCUT2D eigenvalue weighted by atomic mass is 16.5. The lowest BCUT2D eigenvalue weighted by Crippen LogP contribution is -2.51. The number of hydrogen-bond acceptors (Lipinski definition) is 5. The molecule has 1 saturated heterocycles. The molecule has 32 heavy (non-hydrogen) atoms. The predicted molar refractivity (Wildman–Crippen MR) is 124 cm³/mol. The van der Waals surface area contributed by atoms with Crippen molar-refractivity contribution < 1.29 is 18.8 Å². The van der Waals surface area contributed by atoms with Crippen LogP contribution in [0.4, 0.5) is 0 Å². The van der Waals surface area contributed by atoms with E-state index in [1.165, 1.54) is 19.3 Å². The summed E-state index contributed by atoms with van der Waals surface area (Å²) in [6.07, 6.45) is 9.61. The number of amides is 1. The van der Waals surface area contributed by atoms with Gasteiger partial charge in [-0.05, 0) is 68.7 Å². The number of benzene rings is 1. The summed E-state index contributed by atoms with van der Waals surface area (Å²) in [5, 5.41) is 3.96. The van der Waals surface area contributed by atoms with Crippen molar-refractivity contribution in [2.75, 3.05) is 13.7 Å². The SMILES string of the molecule is COc1cc(/C=C/C(=O)N2CCC(C)C3CCCCC32)ccc1OCc1c(C)noc1C. The number of carbonyl (C=O) groups excluding carboxylic acids is 1. The Balaban J connectivity index is 1.43. The third-order valence-corrected chi connectivity index (χ3v) is 7.18. The Morgan fingerprint density at radius 2 is 2.03 bits per heavy atom. The zero-order chi connectivity index (χ0) is 22.7. The predicted octanol–water partition coefficient (Wildman–Crippen LogP) is 5.32. The summed E-state index contributed by atoms with van der Waals surface area (Å²) in [6.45, 7) is 7.35. The van der Waals surface area contributed by atoms with Gasteiger partial charge in [-0.3, -0.25) is 4.79 Å². The van der Waals surface area contributed by atoms with Crippen molar-refractivity contribution in [1.82, 2.24) is 10.1 Å². The number of aryl methyl sites for hydroxylation is 2. The van der Waals surface area contributed by atoms with E-state index in [2.05, 4.69) is 17.0 Å². The van der Waals surface area contributed by atoms with Crippen molar-refractivity contribution in [2.24, 2.45) is 11.8 Å². The first-order valence-electron chi connectivity index (χ1n) is 11.7. The Labute approximate surface area is 190 Å². The van der Waals surface area contributed by atoms with Crippen molar-refractivity contribution in [3.63, 3.8) is 0 Å². The van der Waals surface area contributed by atoms with Gasteiger partial charge in [0.1, 0.15) is 12.4 Å². The standard InChI is InChI=1S/C26H34N2O4/c1-17-13-14-28(23-8-6-5-7-21(17)23)26(29)12-10-20-9-11-24(25(15-20)30-4)31-16-22-18(2)27-32-19(22)3/h9-12,15,17,21,23H,5-8,13-14,16H2,1-4H3/b12-10+. The van der Waals surface area contributed by atoms with Gasteiger partial charge in [0.25, 0.3) is 0 Å². The average molecular weight is 439 g/mol. The van der Waals surface area contributed by atoms with Gasteiger partial charge in [0.2, 0.25) is 5.91 Å². The second-order valence-corrected chi connectivity index (χ2v) is 9.15. The summed E-state index contributed by atoms with van der Waals surface area (Å²) >= 11 is 0. The maximum Gasteiger partial charge on any atom is 0.246 e. The zero-order valence-electron chi connectivity index (χ0n) is 19.6. The first kappa shape index (κ1) is 22.4. The van der Waals surface area contributed by atoms with Gasteiger partial charge in [-0.15, -0.1) is 0 Å². The summed E-state index contributed by atoms with van der Waals surface area (Å²) < 4.78 is 16.7. The summed E-state index contributed by atoms with van der Waals surface area (Å²) in [6, 6.07) is 6.12. The Morgan fingerprint density at radius 3 is 2.78 bits per heavy atom. The molecule has 1 amide bonds. The Morgan fingerprint density at radius 1 is 1.22 bits per heavy atom. The lowest BCUT2D eigenvalue weighted by molar-refractivity contribution is -0.133. The third kappa shape index (κ3) is 4.69. The second-order valence-electron chi connectivity index (χ2n) is 9.15. The lowest BCUT2D eigenvalue weighted by Gasteiger charge is -2.47. The average Bonchev–Trinajstić information content (AvgIpc) is 3.13. The molecule has 2 heterocycles. The largest absolute Gasteiger partial charge is 0.493 e. The molecule has 0 N–H and O–H groups in total. The molecule has 2 aliphatic rings. The van der Waals surface area contributed by atoms with Crippen molar-refractivity contribution in [3.8, 4) is 11.5 Å². The number of nitrogens with zero attached hydrogens (tertiary/aromatic N) is 2. The Bertz CT molecular complexity index is 961. The van der Waals surface area contributed by atoms with Crippen LogP contribution in [0, 0.1) is 25.7 Å². The zero-order valence-corrected chi connectivity index (χ0v) is 19.6. The monoisotopic (exact) mass is 438 g/mol. The first-order valence-corrected chi connectivity index (χ1v) is 11.7. The van der Waals surface area contributed by atoms with Crippen LogP contribution in [0.1, 0.15) is 61.6 Å². The molecule has 0 bridgehead atoms. The van der Waals surface area contributed by atoms with Crippen LogP contribution >= 0.6 is 0 Å². The minimum absolute atomic E-state index is 0.117. The van der Waals surface area contributed by atoms with Crippen LogP contribution < -0.4 is 9.47 Å². The minimum atomic E-state index is 0.117. The number of likely N-dealkylation sites (tertiary alicyclic amines) is 1. The highest BCUT2D eigenvalue weighted by Gasteiger charge is 2.38. The third-order valence-electron chi connectivity index (χ3n) is 7.18. The molecular formula is C26H34N2O4. The quantitative estimate of drug-likeness (QED) is 0.571. The molecule has 1 saturated carbocycles. The summed E-state index contributed by atoms with van der Waals surface area (Å²) in [5.41, 5.74) is 2.68. The number of fused-ring (bicyclic) bond motifs is 1. The van der Waals surface area contributed by atoms with E-state index in [0.717, 1.165) is 47.9 Å². The molecule has 0 spiro atoms. The van der Waals surface area contributed by atoms with Crippen LogP contribution in [0.25, 0.3) is 6.08 Å². The Hall–Kier alpha value is -2.76. The van der Waals surface area contributed by atoms with Crippen molar-refractivity contribution in [1.29, 1.82) is 0 Å². The number of ether oxygens (including phenoxy) is 2. The molecule has 6 nitrogen and oxygen atoms in total. The smallest absolute Gasteiger partial charge is 0.246 e. The van der Waals surface area contributed by atoms with Crippen LogP contribution in [0.2, 0.25) is 0 Å². The van der Waals surface area contributed by atoms with E-state index in [1.54, 1.807) is 13.2 Å². The van der Waals surface area contributed by atoms with Crippen molar-refractivity contribution >= 4 is 12.0 Å². The highest BCUT2D eigenvalue weighted by molar-refractivity contribution is 5.92. The fraction of sp³-hybridized carbons (Fsp3) is 0.538. The van der Waals surface area contributed by atoms with Gasteiger partial charge in [0, 0.05) is 18.7 Å². The topological polar surface area (TPSA) is 64.8 Å². The number of piperidine rings is 1. The minimum Gasteiger partial charge on any atom is -0.493 e. The Kier molecular flexibility index (Phi) is 6.87. The van der Waals surface area contributed by atoms with Crippen molar-refractivity contribution in [2.45, 2.75) is 65.5 Å². The highest BCUT2D eigenvalue weighted by Crippen LogP contribution is 2.39.